The zero-order valence-electron chi connectivity index (χ0n) is 4.97. The number of hydrogen-bond donors (Lipinski definition) is 1. The number of alkyl halides is 1. The molecule has 56 valence electrons. The van der Waals surface area contributed by atoms with E-state index in [1.54, 1.807) is 0 Å². The molecule has 9 heavy (non-hydrogen) atoms. The molecule has 1 N–H and O–H groups in total. The Kier molecular flexibility index (Phi) is 11.5. The summed E-state index contributed by atoms with van der Waals surface area (Å²) in [7, 11) is 0. The smallest absolute Gasteiger partial charge is 0.303 e. The third-order valence-corrected chi connectivity index (χ3v) is 1.54. The molecule has 4 heteroatoms. The number of carbonyl (C=O) groups is 1. The highest BCUT2D eigenvalue weighted by atomic mass is 127. The van der Waals surface area contributed by atoms with Crippen LogP contribution in [0.5, 0.6) is 0 Å². The second-order valence-electron chi connectivity index (χ2n) is 1.54. The van der Waals surface area contributed by atoms with E-state index in [2.05, 4.69) is 22.6 Å². The highest BCUT2D eigenvalue weighted by Gasteiger charge is 1.93. The first-order chi connectivity index (χ1) is 3.77. The Hall–Kier alpha value is 0.490. The van der Waals surface area contributed by atoms with Crippen LogP contribution >= 0.6 is 35.0 Å². The van der Waals surface area contributed by atoms with Gasteiger partial charge in [-0.25, -0.2) is 0 Å². The molecule has 0 aliphatic carbocycles. The van der Waals surface area contributed by atoms with Gasteiger partial charge in [0.05, 0.1) is 0 Å². The molecule has 0 bridgehead atoms. The quantitative estimate of drug-likeness (QED) is 0.480. The van der Waals surface area contributed by atoms with E-state index in [0.29, 0.717) is 6.42 Å². The van der Waals surface area contributed by atoms with Gasteiger partial charge in [0.2, 0.25) is 0 Å². The molecule has 0 aromatic rings. The van der Waals surface area contributed by atoms with Crippen molar-refractivity contribution in [2.75, 3.05) is 4.43 Å². The second kappa shape index (κ2) is 8.49. The minimum Gasteiger partial charge on any atom is -0.481 e. The SMILES string of the molecule is Cl.O=C(O)CCCCI. The Morgan fingerprint density at radius 2 is 2.00 bits per heavy atom. The maximum Gasteiger partial charge on any atom is 0.303 e. The fourth-order valence-electron chi connectivity index (χ4n) is 0.371. The summed E-state index contributed by atoms with van der Waals surface area (Å²) in [5, 5.41) is 8.14. The van der Waals surface area contributed by atoms with E-state index >= 15 is 0 Å². The number of carboxylic acids is 1. The van der Waals surface area contributed by atoms with Crippen LogP contribution in [-0.4, -0.2) is 15.5 Å². The average molecular weight is 264 g/mol. The van der Waals surface area contributed by atoms with Gasteiger partial charge in [-0.15, -0.1) is 12.4 Å². The lowest BCUT2D eigenvalue weighted by Gasteiger charge is -1.89. The molecule has 0 rings (SSSR count). The van der Waals surface area contributed by atoms with Crippen molar-refractivity contribution < 1.29 is 9.90 Å². The van der Waals surface area contributed by atoms with E-state index in [1.807, 2.05) is 0 Å². The molecule has 0 atom stereocenters. The normalized spacial score (nSPS) is 8.11. The molecule has 0 saturated heterocycles. The standard InChI is InChI=1S/C5H9IO2.ClH/c6-4-2-1-3-5(7)8;/h1-4H2,(H,7,8);1H. The third-order valence-electron chi connectivity index (χ3n) is 0.774. The number of carboxylic acid groups (broad SMARTS) is 1. The van der Waals surface area contributed by atoms with Crippen molar-refractivity contribution in [2.24, 2.45) is 0 Å². The van der Waals surface area contributed by atoms with Gasteiger partial charge in [0, 0.05) is 6.42 Å². The van der Waals surface area contributed by atoms with Crippen LogP contribution in [0.25, 0.3) is 0 Å². The summed E-state index contributed by atoms with van der Waals surface area (Å²) in [4.78, 5) is 9.87. The molecule has 0 aliphatic heterocycles. The second-order valence-corrected chi connectivity index (χ2v) is 2.62. The molecule has 0 radical (unpaired) electrons. The molecule has 0 heterocycles. The minimum absolute atomic E-state index is 0. The van der Waals surface area contributed by atoms with Crippen LogP contribution in [0.1, 0.15) is 19.3 Å². The van der Waals surface area contributed by atoms with Crippen molar-refractivity contribution in [2.45, 2.75) is 19.3 Å². The van der Waals surface area contributed by atoms with Crippen molar-refractivity contribution in [3.8, 4) is 0 Å². The summed E-state index contributed by atoms with van der Waals surface area (Å²) in [6.07, 6.45) is 2.16. The van der Waals surface area contributed by atoms with Crippen molar-refractivity contribution >= 4 is 41.0 Å². The number of unbranched alkanes of at least 4 members (excludes halogenated alkanes) is 1. The summed E-state index contributed by atoms with van der Waals surface area (Å²) in [5.74, 6) is -0.685. The molecule has 0 unspecified atom stereocenters. The highest BCUT2D eigenvalue weighted by Crippen LogP contribution is 1.97. The zero-order chi connectivity index (χ0) is 6.41. The molecule has 0 fully saturated rings. The van der Waals surface area contributed by atoms with E-state index in [9.17, 15) is 4.79 Å². The van der Waals surface area contributed by atoms with Gasteiger partial charge in [0.25, 0.3) is 0 Å². The van der Waals surface area contributed by atoms with Gasteiger partial charge in [-0.1, -0.05) is 22.6 Å². The summed E-state index contributed by atoms with van der Waals surface area (Å²) in [6, 6.07) is 0. The Morgan fingerprint density at radius 1 is 1.44 bits per heavy atom. The molecular weight excluding hydrogens is 254 g/mol. The van der Waals surface area contributed by atoms with Gasteiger partial charge >= 0.3 is 5.97 Å². The number of aliphatic carboxylic acids is 1. The van der Waals surface area contributed by atoms with E-state index in [0.717, 1.165) is 17.3 Å². The maximum atomic E-state index is 9.87. The monoisotopic (exact) mass is 264 g/mol. The number of rotatable bonds is 4. The Labute approximate surface area is 74.6 Å². The lowest BCUT2D eigenvalue weighted by Crippen LogP contribution is -1.93. The number of halogens is 2. The van der Waals surface area contributed by atoms with Crippen LogP contribution in [0.3, 0.4) is 0 Å². The fourth-order valence-corrected chi connectivity index (χ4v) is 0.910. The molecule has 0 aromatic carbocycles. The van der Waals surface area contributed by atoms with Crippen LogP contribution in [-0.2, 0) is 4.79 Å². The van der Waals surface area contributed by atoms with E-state index < -0.39 is 5.97 Å². The minimum atomic E-state index is -0.685. The first-order valence-corrected chi connectivity index (χ1v) is 4.07. The van der Waals surface area contributed by atoms with E-state index in [1.165, 1.54) is 0 Å². The fraction of sp³-hybridized carbons (Fsp3) is 0.800. The van der Waals surface area contributed by atoms with Crippen LogP contribution < -0.4 is 0 Å². The summed E-state index contributed by atoms with van der Waals surface area (Å²) < 4.78 is 1.06. The highest BCUT2D eigenvalue weighted by molar-refractivity contribution is 14.1. The molecule has 0 aromatic heterocycles. The van der Waals surface area contributed by atoms with Crippen molar-refractivity contribution in [3.05, 3.63) is 0 Å². The first-order valence-electron chi connectivity index (χ1n) is 2.55. The lowest BCUT2D eigenvalue weighted by molar-refractivity contribution is -0.137. The van der Waals surface area contributed by atoms with Gasteiger partial charge < -0.3 is 5.11 Å². The Balaban J connectivity index is 0. The van der Waals surface area contributed by atoms with Gasteiger partial charge in [-0.3, -0.25) is 4.79 Å². The Bertz CT molecular complexity index is 77.4. The van der Waals surface area contributed by atoms with Crippen LogP contribution in [0, 0.1) is 0 Å². The molecule has 0 amide bonds. The van der Waals surface area contributed by atoms with Crippen molar-refractivity contribution in [1.82, 2.24) is 0 Å². The average Bonchev–Trinajstić information content (AvgIpc) is 1.66. The largest absolute Gasteiger partial charge is 0.481 e. The van der Waals surface area contributed by atoms with Gasteiger partial charge in [0.15, 0.2) is 0 Å². The van der Waals surface area contributed by atoms with E-state index in [-0.39, 0.29) is 12.4 Å². The van der Waals surface area contributed by atoms with Crippen molar-refractivity contribution in [1.29, 1.82) is 0 Å². The lowest BCUT2D eigenvalue weighted by atomic mass is 10.3. The van der Waals surface area contributed by atoms with Gasteiger partial charge in [0.1, 0.15) is 0 Å². The number of hydrogen-bond acceptors (Lipinski definition) is 1. The molecule has 0 saturated carbocycles. The molecule has 0 spiro atoms. The Morgan fingerprint density at radius 3 is 2.33 bits per heavy atom. The first kappa shape index (κ1) is 12.2. The third kappa shape index (κ3) is 11.9. The van der Waals surface area contributed by atoms with Gasteiger partial charge in [-0.05, 0) is 17.3 Å². The maximum absolute atomic E-state index is 9.87. The molecule has 0 aliphatic rings. The predicted molar refractivity (Wildman–Crippen MR) is 47.6 cm³/mol. The van der Waals surface area contributed by atoms with Crippen molar-refractivity contribution in [3.63, 3.8) is 0 Å². The summed E-state index contributed by atoms with van der Waals surface area (Å²) in [5.41, 5.74) is 0. The predicted octanol–water partition coefficient (Wildman–Crippen LogP) is 2.10. The topological polar surface area (TPSA) is 37.3 Å². The van der Waals surface area contributed by atoms with Crippen LogP contribution in [0.15, 0.2) is 0 Å². The summed E-state index contributed by atoms with van der Waals surface area (Å²) >= 11 is 2.24. The molecule has 2 nitrogen and oxygen atoms in total. The van der Waals surface area contributed by atoms with E-state index in [4.69, 9.17) is 5.11 Å². The summed E-state index contributed by atoms with van der Waals surface area (Å²) in [6.45, 7) is 0. The van der Waals surface area contributed by atoms with Gasteiger partial charge in [-0.2, -0.15) is 0 Å². The molecular formula is C5H10ClIO2. The van der Waals surface area contributed by atoms with Crippen LogP contribution in [0.2, 0.25) is 0 Å². The zero-order valence-corrected chi connectivity index (χ0v) is 7.94. The van der Waals surface area contributed by atoms with Crippen LogP contribution in [0.4, 0.5) is 0 Å².